The summed E-state index contributed by atoms with van der Waals surface area (Å²) in [5.41, 5.74) is 8.25. The number of allylic oxidation sites excluding steroid dienone is 11. The normalized spacial score (nSPS) is 10.5. The largest absolute Gasteiger partial charge is 0.288 e. The van der Waals surface area contributed by atoms with Gasteiger partial charge >= 0.3 is 0 Å². The minimum Gasteiger partial charge on any atom is -0.288 e. The van der Waals surface area contributed by atoms with Crippen LogP contribution in [0.5, 0.6) is 0 Å². The Morgan fingerprint density at radius 1 is 0.864 bits per heavy atom. The van der Waals surface area contributed by atoms with Crippen molar-refractivity contribution in [3.05, 3.63) is 188 Å². The number of benzene rings is 2. The zero-order chi connectivity index (χ0) is 33.0. The maximum atomic E-state index is 4.51. The zero-order valence-corrected chi connectivity index (χ0v) is 27.3. The highest BCUT2D eigenvalue weighted by Crippen LogP contribution is 2.32. The molecule has 3 aromatic rings. The van der Waals surface area contributed by atoms with E-state index in [9.17, 15) is 0 Å². The van der Waals surface area contributed by atoms with Gasteiger partial charge in [0.2, 0.25) is 0 Å². The molecule has 0 aliphatic rings. The maximum absolute atomic E-state index is 4.51. The monoisotopic (exact) mass is 580 g/mol. The molecule has 3 aromatic carbocycles. The van der Waals surface area contributed by atoms with E-state index in [-0.39, 0.29) is 0 Å². The van der Waals surface area contributed by atoms with Gasteiger partial charge in [0.05, 0.1) is 6.54 Å². The first kappa shape index (κ1) is 38.7. The quantitative estimate of drug-likeness (QED) is 0.159. The minimum absolute atomic E-state index is 0.582. The molecule has 0 atom stereocenters. The van der Waals surface area contributed by atoms with E-state index in [0.29, 0.717) is 6.54 Å². The van der Waals surface area contributed by atoms with Crippen molar-refractivity contribution >= 4 is 18.5 Å². The number of aliphatic imine (C=N–C) groups is 2. The molecular weight excluding hydrogens is 532 g/mol. The molecule has 0 saturated carbocycles. The summed E-state index contributed by atoms with van der Waals surface area (Å²) in [5, 5.41) is 0. The molecule has 0 N–H and O–H groups in total. The summed E-state index contributed by atoms with van der Waals surface area (Å²) in [6, 6.07) is 28.5. The standard InChI is InChI=1S/C29H27N.C7H8.C4H7N.C2H6/c1-6-9-15-23(4)24(5)29(14-8-3)28-20-25(22-30-18-10-7-2)19-27(21-28)26-16-12-11-13-17-26;1-7-5-3-2-4-6-7;1-3-4-5-2;1-2/h6-10,12,14-21H,1,3-5,22H2,2H3;2-6H,1H3;3-4H,2H2,1H3;1-2H3/b10-7+,15-9-,29-14+,30-18?;;4-3-;. The van der Waals surface area contributed by atoms with Crippen LogP contribution in [0.4, 0.5) is 0 Å². The van der Waals surface area contributed by atoms with Crippen molar-refractivity contribution in [1.29, 1.82) is 0 Å². The summed E-state index contributed by atoms with van der Waals surface area (Å²) in [7, 11) is 0. The Labute approximate surface area is 268 Å². The molecule has 0 unspecified atom stereocenters. The van der Waals surface area contributed by atoms with Crippen LogP contribution < -0.4 is 0 Å². The van der Waals surface area contributed by atoms with Gasteiger partial charge in [0.15, 0.2) is 0 Å². The minimum atomic E-state index is 0.582. The fraction of sp³-hybridized carbons (Fsp3) is 0.143. The van der Waals surface area contributed by atoms with Crippen molar-refractivity contribution in [1.82, 2.24) is 0 Å². The molecule has 0 spiro atoms. The van der Waals surface area contributed by atoms with E-state index in [0.717, 1.165) is 39.0 Å². The molecule has 0 aliphatic heterocycles. The van der Waals surface area contributed by atoms with Crippen molar-refractivity contribution in [3.8, 4) is 11.1 Å². The van der Waals surface area contributed by atoms with Crippen LogP contribution in [0.3, 0.4) is 0 Å². The molecule has 0 aromatic heterocycles. The van der Waals surface area contributed by atoms with Gasteiger partial charge in [0.25, 0.3) is 0 Å². The second-order valence-electron chi connectivity index (χ2n) is 8.89. The highest BCUT2D eigenvalue weighted by atomic mass is 14.7. The third kappa shape index (κ3) is 16.2. The average Bonchev–Trinajstić information content (AvgIpc) is 3.06. The summed E-state index contributed by atoms with van der Waals surface area (Å²) < 4.78 is 0. The second-order valence-corrected chi connectivity index (χ2v) is 8.89. The number of hydrogen-bond donors (Lipinski definition) is 0. The first-order valence-corrected chi connectivity index (χ1v) is 14.6. The van der Waals surface area contributed by atoms with Crippen molar-refractivity contribution in [2.75, 3.05) is 0 Å². The van der Waals surface area contributed by atoms with Crippen LogP contribution in [-0.2, 0) is 6.54 Å². The van der Waals surface area contributed by atoms with Crippen molar-refractivity contribution in [3.63, 3.8) is 0 Å². The van der Waals surface area contributed by atoms with Gasteiger partial charge in [0, 0.05) is 12.4 Å². The van der Waals surface area contributed by atoms with Gasteiger partial charge < -0.3 is 0 Å². The third-order valence-corrected chi connectivity index (χ3v) is 5.58. The lowest BCUT2D eigenvalue weighted by atomic mass is 9.90. The fourth-order valence-electron chi connectivity index (χ4n) is 3.52. The van der Waals surface area contributed by atoms with E-state index < -0.39 is 0 Å². The van der Waals surface area contributed by atoms with Gasteiger partial charge in [-0.15, -0.1) is 0 Å². The van der Waals surface area contributed by atoms with Crippen LogP contribution in [-0.4, -0.2) is 12.9 Å². The lowest BCUT2D eigenvalue weighted by Crippen LogP contribution is -1.95. The fourth-order valence-corrected chi connectivity index (χ4v) is 3.52. The maximum Gasteiger partial charge on any atom is 0.0640 e. The molecule has 0 bridgehead atoms. The summed E-state index contributed by atoms with van der Waals surface area (Å²) in [5.74, 6) is 0. The lowest BCUT2D eigenvalue weighted by molar-refractivity contribution is 1.08. The van der Waals surface area contributed by atoms with Gasteiger partial charge in [-0.1, -0.05) is 131 Å². The van der Waals surface area contributed by atoms with Crippen molar-refractivity contribution < 1.29 is 0 Å². The van der Waals surface area contributed by atoms with E-state index in [4.69, 9.17) is 0 Å². The van der Waals surface area contributed by atoms with Crippen molar-refractivity contribution in [2.24, 2.45) is 9.98 Å². The van der Waals surface area contributed by atoms with Crippen LogP contribution in [0.25, 0.3) is 16.7 Å². The molecule has 0 fully saturated rings. The lowest BCUT2D eigenvalue weighted by Gasteiger charge is -2.15. The summed E-state index contributed by atoms with van der Waals surface area (Å²) >= 11 is 0. The summed E-state index contributed by atoms with van der Waals surface area (Å²) in [6.45, 7) is 29.8. The number of hydrogen-bond acceptors (Lipinski definition) is 2. The predicted octanol–water partition coefficient (Wildman–Crippen LogP) is 11.8. The predicted molar refractivity (Wildman–Crippen MR) is 199 cm³/mol. The van der Waals surface area contributed by atoms with Crippen LogP contribution >= 0.6 is 0 Å². The topological polar surface area (TPSA) is 24.7 Å². The van der Waals surface area contributed by atoms with Crippen LogP contribution in [0.2, 0.25) is 0 Å². The van der Waals surface area contributed by atoms with Gasteiger partial charge in [-0.05, 0) is 109 Å². The Morgan fingerprint density at radius 2 is 1.59 bits per heavy atom. The van der Waals surface area contributed by atoms with Crippen LogP contribution in [0.15, 0.2) is 169 Å². The zero-order valence-electron chi connectivity index (χ0n) is 27.3. The molecule has 226 valence electrons. The smallest absolute Gasteiger partial charge is 0.0640 e. The Morgan fingerprint density at radius 3 is 2.09 bits per heavy atom. The van der Waals surface area contributed by atoms with Crippen LogP contribution in [0.1, 0.15) is 44.4 Å². The first-order chi connectivity index (χ1) is 21.4. The van der Waals surface area contributed by atoms with Gasteiger partial charge in [-0.3, -0.25) is 9.98 Å². The Balaban J connectivity index is 0.00000109. The number of rotatable bonds is 11. The Hall–Kier alpha value is -5.26. The van der Waals surface area contributed by atoms with E-state index >= 15 is 0 Å². The van der Waals surface area contributed by atoms with E-state index in [1.807, 2.05) is 107 Å². The SMILES string of the molecule is C=C/C=C\C(=C)C(=C)/C(=C\C=C)c1cc(CN=C/C=C/C)cc(-c2cc#ccc2)c1.C=N/C=C\C.CC.Cc1ccccc1. The molecule has 0 radical (unpaired) electrons. The summed E-state index contributed by atoms with van der Waals surface area (Å²) in [4.78, 5) is 7.93. The number of nitrogens with zero attached hydrogens (tertiary/aromatic N) is 2. The van der Waals surface area contributed by atoms with Gasteiger partial charge in [-0.2, -0.15) is 0 Å². The molecule has 0 saturated heterocycles. The first-order valence-electron chi connectivity index (χ1n) is 14.6. The van der Waals surface area contributed by atoms with Gasteiger partial charge in [-0.25, -0.2) is 0 Å². The Kier molecular flexibility index (Phi) is 22.4. The van der Waals surface area contributed by atoms with E-state index in [1.165, 1.54) is 5.56 Å². The van der Waals surface area contributed by atoms with Crippen molar-refractivity contribution in [2.45, 2.75) is 41.2 Å². The molecule has 0 amide bonds. The van der Waals surface area contributed by atoms with Crippen LogP contribution in [0, 0.1) is 19.1 Å². The van der Waals surface area contributed by atoms with E-state index in [2.05, 4.69) is 92.4 Å². The highest BCUT2D eigenvalue weighted by Gasteiger charge is 2.11. The highest BCUT2D eigenvalue weighted by molar-refractivity contribution is 5.86. The molecule has 3 rings (SSSR count). The second kappa shape index (κ2) is 25.5. The molecule has 2 nitrogen and oxygen atoms in total. The summed E-state index contributed by atoms with van der Waals surface area (Å²) in [6.07, 6.45) is 18.4. The number of aryl methyl sites for hydroxylation is 1. The Bertz CT molecular complexity index is 1430. The average molecular weight is 581 g/mol. The molecule has 2 heteroatoms. The molecule has 0 aliphatic carbocycles. The molecule has 0 heterocycles. The van der Waals surface area contributed by atoms with E-state index in [1.54, 1.807) is 18.4 Å². The van der Waals surface area contributed by atoms with Gasteiger partial charge in [0.1, 0.15) is 0 Å². The molecule has 44 heavy (non-hydrogen) atoms. The third-order valence-electron chi connectivity index (χ3n) is 5.58. The molecular formula is C42H48N2.